The molecule has 0 aliphatic carbocycles. The third-order valence-corrected chi connectivity index (χ3v) is 4.17. The van der Waals surface area contributed by atoms with Gasteiger partial charge in [0.2, 0.25) is 0 Å². The summed E-state index contributed by atoms with van der Waals surface area (Å²) in [6, 6.07) is 7.04. The number of aryl methyl sites for hydroxylation is 1. The molecule has 1 saturated heterocycles. The first-order chi connectivity index (χ1) is 10.2. The second-order valence-corrected chi connectivity index (χ2v) is 5.78. The lowest BCUT2D eigenvalue weighted by atomic mass is 10.1. The van der Waals surface area contributed by atoms with Gasteiger partial charge >= 0.3 is 0 Å². The summed E-state index contributed by atoms with van der Waals surface area (Å²) in [5.41, 5.74) is 2.58. The summed E-state index contributed by atoms with van der Waals surface area (Å²) < 4.78 is 10.6. The Balaban J connectivity index is 1.93. The van der Waals surface area contributed by atoms with Crippen LogP contribution in [0, 0.1) is 6.92 Å². The van der Waals surface area contributed by atoms with E-state index in [1.807, 2.05) is 0 Å². The molecule has 0 aromatic heterocycles. The van der Waals surface area contributed by atoms with Gasteiger partial charge in [-0.1, -0.05) is 17.7 Å². The lowest BCUT2D eigenvalue weighted by Crippen LogP contribution is -2.38. The minimum absolute atomic E-state index is 0.618. The molecule has 1 fully saturated rings. The van der Waals surface area contributed by atoms with E-state index in [0.29, 0.717) is 6.04 Å². The topological polar surface area (TPSA) is 33.7 Å². The van der Waals surface area contributed by atoms with Crippen LogP contribution in [0.4, 0.5) is 0 Å². The van der Waals surface area contributed by atoms with E-state index < -0.39 is 0 Å². The molecule has 0 bridgehead atoms. The smallest absolute Gasteiger partial charge is 0.123 e. The molecule has 0 spiro atoms. The molecule has 4 nitrogen and oxygen atoms in total. The highest BCUT2D eigenvalue weighted by Gasteiger charge is 2.24. The van der Waals surface area contributed by atoms with E-state index in [1.54, 1.807) is 14.2 Å². The van der Waals surface area contributed by atoms with Gasteiger partial charge in [-0.05, 0) is 32.4 Å². The molecule has 2 rings (SSSR count). The third kappa shape index (κ3) is 4.70. The molecule has 1 aromatic rings. The Morgan fingerprint density at radius 2 is 2.19 bits per heavy atom. The van der Waals surface area contributed by atoms with Crippen LogP contribution < -0.4 is 10.1 Å². The van der Waals surface area contributed by atoms with Crippen molar-refractivity contribution in [3.63, 3.8) is 0 Å². The van der Waals surface area contributed by atoms with Crippen LogP contribution in [0.1, 0.15) is 24.0 Å². The molecule has 0 radical (unpaired) electrons. The van der Waals surface area contributed by atoms with Crippen LogP contribution in [-0.2, 0) is 11.3 Å². The summed E-state index contributed by atoms with van der Waals surface area (Å²) in [5.74, 6) is 0.999. The van der Waals surface area contributed by atoms with E-state index in [2.05, 4.69) is 35.3 Å². The molecule has 4 heteroatoms. The number of benzene rings is 1. The lowest BCUT2D eigenvalue weighted by Gasteiger charge is -2.25. The van der Waals surface area contributed by atoms with Crippen LogP contribution in [0.15, 0.2) is 18.2 Å². The molecule has 1 heterocycles. The fourth-order valence-electron chi connectivity index (χ4n) is 3.03. The highest BCUT2D eigenvalue weighted by Crippen LogP contribution is 2.25. The highest BCUT2D eigenvalue weighted by atomic mass is 16.5. The molecule has 0 amide bonds. The summed E-state index contributed by atoms with van der Waals surface area (Å²) >= 11 is 0. The van der Waals surface area contributed by atoms with Gasteiger partial charge in [-0.15, -0.1) is 0 Å². The Labute approximate surface area is 128 Å². The fraction of sp³-hybridized carbons (Fsp3) is 0.647. The maximum atomic E-state index is 5.50. The first kappa shape index (κ1) is 16.3. The largest absolute Gasteiger partial charge is 0.496 e. The molecule has 1 aliphatic rings. The SMILES string of the molecule is COCCNCC1CCCN1Cc1cc(C)ccc1OC. The maximum absolute atomic E-state index is 5.50. The summed E-state index contributed by atoms with van der Waals surface area (Å²) in [7, 11) is 3.50. The number of methoxy groups -OCH3 is 2. The van der Waals surface area contributed by atoms with Crippen molar-refractivity contribution < 1.29 is 9.47 Å². The van der Waals surface area contributed by atoms with Gasteiger partial charge in [0.05, 0.1) is 13.7 Å². The van der Waals surface area contributed by atoms with Gasteiger partial charge in [0.1, 0.15) is 5.75 Å². The number of nitrogens with one attached hydrogen (secondary N) is 1. The van der Waals surface area contributed by atoms with E-state index in [-0.39, 0.29) is 0 Å². The number of nitrogens with zero attached hydrogens (tertiary/aromatic N) is 1. The normalized spacial score (nSPS) is 19.1. The Morgan fingerprint density at radius 3 is 2.95 bits per heavy atom. The molecule has 1 N–H and O–H groups in total. The van der Waals surface area contributed by atoms with Crippen LogP contribution in [-0.4, -0.2) is 51.4 Å². The monoisotopic (exact) mass is 292 g/mol. The second kappa shape index (κ2) is 8.37. The average Bonchev–Trinajstić information content (AvgIpc) is 2.91. The third-order valence-electron chi connectivity index (χ3n) is 4.17. The molecule has 1 aliphatic heterocycles. The van der Waals surface area contributed by atoms with Crippen molar-refractivity contribution in [2.24, 2.45) is 0 Å². The van der Waals surface area contributed by atoms with E-state index in [9.17, 15) is 0 Å². The van der Waals surface area contributed by atoms with E-state index in [0.717, 1.165) is 32.0 Å². The number of hydrogen-bond acceptors (Lipinski definition) is 4. The van der Waals surface area contributed by atoms with E-state index >= 15 is 0 Å². The van der Waals surface area contributed by atoms with Crippen LogP contribution in [0.5, 0.6) is 5.75 Å². The first-order valence-corrected chi connectivity index (χ1v) is 7.82. The van der Waals surface area contributed by atoms with Crippen molar-refractivity contribution in [2.45, 2.75) is 32.4 Å². The Kier molecular flexibility index (Phi) is 6.49. The highest BCUT2D eigenvalue weighted by molar-refractivity contribution is 5.36. The van der Waals surface area contributed by atoms with Gasteiger partial charge < -0.3 is 14.8 Å². The Bertz CT molecular complexity index is 437. The predicted molar refractivity (Wildman–Crippen MR) is 85.9 cm³/mol. The zero-order valence-corrected chi connectivity index (χ0v) is 13.5. The van der Waals surface area contributed by atoms with Gasteiger partial charge in [0.15, 0.2) is 0 Å². The van der Waals surface area contributed by atoms with Crippen LogP contribution in [0.25, 0.3) is 0 Å². The van der Waals surface area contributed by atoms with Crippen molar-refractivity contribution in [1.29, 1.82) is 0 Å². The van der Waals surface area contributed by atoms with Crippen molar-refractivity contribution in [3.05, 3.63) is 29.3 Å². The van der Waals surface area contributed by atoms with Crippen molar-refractivity contribution in [1.82, 2.24) is 10.2 Å². The quantitative estimate of drug-likeness (QED) is 0.745. The molecule has 1 aromatic carbocycles. The van der Waals surface area contributed by atoms with Gasteiger partial charge in [0, 0.05) is 38.3 Å². The van der Waals surface area contributed by atoms with Gasteiger partial charge in [-0.3, -0.25) is 4.90 Å². The van der Waals surface area contributed by atoms with Crippen molar-refractivity contribution in [3.8, 4) is 5.75 Å². The molecule has 1 atom stereocenters. The number of ether oxygens (including phenoxy) is 2. The fourth-order valence-corrected chi connectivity index (χ4v) is 3.03. The predicted octanol–water partition coefficient (Wildman–Crippen LogP) is 2.20. The summed E-state index contributed by atoms with van der Waals surface area (Å²) in [5, 5.41) is 3.49. The Morgan fingerprint density at radius 1 is 1.33 bits per heavy atom. The van der Waals surface area contributed by atoms with E-state index in [4.69, 9.17) is 9.47 Å². The lowest BCUT2D eigenvalue weighted by molar-refractivity contribution is 0.190. The molecule has 1 unspecified atom stereocenters. The van der Waals surface area contributed by atoms with Crippen LogP contribution >= 0.6 is 0 Å². The van der Waals surface area contributed by atoms with Crippen LogP contribution in [0.2, 0.25) is 0 Å². The van der Waals surface area contributed by atoms with Crippen LogP contribution in [0.3, 0.4) is 0 Å². The minimum atomic E-state index is 0.618. The average molecular weight is 292 g/mol. The number of rotatable bonds is 8. The van der Waals surface area contributed by atoms with Crippen molar-refractivity contribution >= 4 is 0 Å². The zero-order valence-electron chi connectivity index (χ0n) is 13.5. The minimum Gasteiger partial charge on any atom is -0.496 e. The maximum Gasteiger partial charge on any atom is 0.123 e. The first-order valence-electron chi connectivity index (χ1n) is 7.82. The molecule has 21 heavy (non-hydrogen) atoms. The van der Waals surface area contributed by atoms with Crippen molar-refractivity contribution in [2.75, 3.05) is 40.5 Å². The van der Waals surface area contributed by atoms with Gasteiger partial charge in [-0.25, -0.2) is 0 Å². The molecular formula is C17H28N2O2. The molecule has 0 saturated carbocycles. The molecular weight excluding hydrogens is 264 g/mol. The van der Waals surface area contributed by atoms with E-state index in [1.165, 1.54) is 30.5 Å². The second-order valence-electron chi connectivity index (χ2n) is 5.78. The number of likely N-dealkylation sites (tertiary alicyclic amines) is 1. The van der Waals surface area contributed by atoms with Gasteiger partial charge in [-0.2, -0.15) is 0 Å². The number of hydrogen-bond donors (Lipinski definition) is 1. The summed E-state index contributed by atoms with van der Waals surface area (Å²) in [6.45, 7) is 7.02. The summed E-state index contributed by atoms with van der Waals surface area (Å²) in [6.07, 6.45) is 2.55. The standard InChI is InChI=1S/C17H28N2O2/c1-14-6-7-17(21-3)15(11-14)13-19-9-4-5-16(19)12-18-8-10-20-2/h6-7,11,16,18H,4-5,8-10,12-13H2,1-3H3. The Hall–Kier alpha value is -1.10. The summed E-state index contributed by atoms with van der Waals surface area (Å²) in [4.78, 5) is 2.57. The molecule has 118 valence electrons. The zero-order chi connectivity index (χ0) is 15.1. The van der Waals surface area contributed by atoms with Gasteiger partial charge in [0.25, 0.3) is 0 Å².